The summed E-state index contributed by atoms with van der Waals surface area (Å²) in [6.45, 7) is 14.4. The highest BCUT2D eigenvalue weighted by Gasteiger charge is 2.31. The molecule has 0 unspecified atom stereocenters. The largest absolute Gasteiger partial charge is 0.456 e. The molecule has 0 heterocycles. The first kappa shape index (κ1) is 24.1. The van der Waals surface area contributed by atoms with Crippen molar-refractivity contribution in [2.24, 2.45) is 11.8 Å². The van der Waals surface area contributed by atoms with Gasteiger partial charge in [-0.05, 0) is 57.7 Å². The summed E-state index contributed by atoms with van der Waals surface area (Å²) < 4.78 is 43.6. The predicted octanol–water partition coefficient (Wildman–Crippen LogP) is 4.12. The first-order valence-corrected chi connectivity index (χ1v) is 10.5. The molecule has 0 aliphatic heterocycles. The molecule has 0 spiro atoms. The summed E-state index contributed by atoms with van der Waals surface area (Å²) in [7, 11) is -4.65. The van der Waals surface area contributed by atoms with Crippen molar-refractivity contribution in [1.82, 2.24) is 0 Å². The van der Waals surface area contributed by atoms with Gasteiger partial charge in [0.15, 0.2) is 0 Å². The molecule has 0 aliphatic rings. The first-order chi connectivity index (χ1) is 12.5. The molecule has 0 radical (unpaired) electrons. The number of rotatable bonds is 7. The van der Waals surface area contributed by atoms with Gasteiger partial charge >= 0.3 is 11.9 Å². The molecule has 0 fully saturated rings. The lowest BCUT2D eigenvalue weighted by Gasteiger charge is -2.30. The summed E-state index contributed by atoms with van der Waals surface area (Å²) in [6.07, 6.45) is 0. The minimum absolute atomic E-state index is 0.00233. The first-order valence-electron chi connectivity index (χ1n) is 9.06. The molecule has 0 bridgehead atoms. The van der Waals surface area contributed by atoms with E-state index in [1.165, 1.54) is 6.07 Å². The van der Waals surface area contributed by atoms with Crippen LogP contribution in [0.15, 0.2) is 23.1 Å². The quantitative estimate of drug-likeness (QED) is 0.528. The maximum Gasteiger partial charge on any atom is 0.338 e. The van der Waals surface area contributed by atoms with Gasteiger partial charge in [0.05, 0.1) is 16.0 Å². The van der Waals surface area contributed by atoms with Crippen LogP contribution in [-0.2, 0) is 19.6 Å². The van der Waals surface area contributed by atoms with Crippen LogP contribution >= 0.6 is 0 Å². The van der Waals surface area contributed by atoms with Crippen molar-refractivity contribution in [2.45, 2.75) is 71.5 Å². The van der Waals surface area contributed by atoms with E-state index >= 15 is 0 Å². The Labute approximate surface area is 167 Å². The molecule has 0 aromatic heterocycles. The van der Waals surface area contributed by atoms with Gasteiger partial charge < -0.3 is 9.47 Å². The third-order valence-corrected chi connectivity index (χ3v) is 6.00. The minimum Gasteiger partial charge on any atom is -0.456 e. The predicted molar refractivity (Wildman–Crippen MR) is 105 cm³/mol. The number of ether oxygens (including phenoxy) is 2. The second kappa shape index (κ2) is 8.21. The molecule has 7 nitrogen and oxygen atoms in total. The Morgan fingerprint density at radius 2 is 1.14 bits per heavy atom. The fraction of sp³-hybridized carbons (Fsp3) is 0.600. The highest BCUT2D eigenvalue weighted by Crippen LogP contribution is 2.26. The zero-order valence-electron chi connectivity index (χ0n) is 17.7. The van der Waals surface area contributed by atoms with Gasteiger partial charge in [-0.3, -0.25) is 4.55 Å². The zero-order valence-corrected chi connectivity index (χ0v) is 18.5. The van der Waals surface area contributed by atoms with Crippen molar-refractivity contribution in [3.63, 3.8) is 0 Å². The van der Waals surface area contributed by atoms with Gasteiger partial charge in [0.1, 0.15) is 11.2 Å². The van der Waals surface area contributed by atoms with Crippen LogP contribution in [-0.4, -0.2) is 36.1 Å². The van der Waals surface area contributed by atoms with E-state index in [0.29, 0.717) is 0 Å². The van der Waals surface area contributed by atoms with E-state index < -0.39 is 38.2 Å². The van der Waals surface area contributed by atoms with E-state index in [1.807, 2.05) is 27.7 Å². The van der Waals surface area contributed by atoms with Gasteiger partial charge in [-0.1, -0.05) is 27.7 Å². The number of carbonyl (C=O) groups is 2. The van der Waals surface area contributed by atoms with Gasteiger partial charge in [0, 0.05) is 0 Å². The normalized spacial score (nSPS) is 13.0. The molecular weight excluding hydrogens is 384 g/mol. The molecule has 0 atom stereocenters. The van der Waals surface area contributed by atoms with Crippen LogP contribution in [0.25, 0.3) is 0 Å². The van der Waals surface area contributed by atoms with Crippen LogP contribution in [0.1, 0.15) is 76.1 Å². The summed E-state index contributed by atoms with van der Waals surface area (Å²) in [5.74, 6) is -1.61. The van der Waals surface area contributed by atoms with Gasteiger partial charge in [-0.25, -0.2) is 9.59 Å². The Morgan fingerprint density at radius 3 is 1.39 bits per heavy atom. The summed E-state index contributed by atoms with van der Waals surface area (Å²) >= 11 is 0. The summed E-state index contributed by atoms with van der Waals surface area (Å²) in [5.41, 5.74) is -1.96. The summed E-state index contributed by atoms with van der Waals surface area (Å²) in [6, 6.07) is 3.14. The highest BCUT2D eigenvalue weighted by atomic mass is 32.2. The van der Waals surface area contributed by atoms with Crippen molar-refractivity contribution in [3.05, 3.63) is 29.3 Å². The van der Waals surface area contributed by atoms with Gasteiger partial charge in [0.25, 0.3) is 10.1 Å². The molecule has 158 valence electrons. The lowest BCUT2D eigenvalue weighted by molar-refractivity contribution is -0.0223. The minimum atomic E-state index is -4.65. The van der Waals surface area contributed by atoms with E-state index in [0.717, 1.165) is 12.1 Å². The molecule has 0 amide bonds. The Bertz CT molecular complexity index is 797. The van der Waals surface area contributed by atoms with E-state index in [-0.39, 0.29) is 23.0 Å². The third-order valence-electron chi connectivity index (χ3n) is 5.17. The van der Waals surface area contributed by atoms with Crippen molar-refractivity contribution in [2.75, 3.05) is 0 Å². The molecule has 1 aromatic rings. The summed E-state index contributed by atoms with van der Waals surface area (Å²) in [4.78, 5) is 24.5. The van der Waals surface area contributed by atoms with E-state index in [4.69, 9.17) is 9.47 Å². The van der Waals surface area contributed by atoms with Gasteiger partial charge in [-0.15, -0.1) is 0 Å². The average molecular weight is 415 g/mol. The lowest BCUT2D eigenvalue weighted by atomic mass is 9.94. The van der Waals surface area contributed by atoms with Crippen LogP contribution in [0, 0.1) is 11.8 Å². The fourth-order valence-corrected chi connectivity index (χ4v) is 2.37. The topological polar surface area (TPSA) is 107 Å². The molecule has 0 saturated heterocycles. The smallest absolute Gasteiger partial charge is 0.338 e. The Hall–Kier alpha value is -1.93. The molecular formula is C20H30O7S. The SMILES string of the molecule is CC(C)C(C)(C)OC(=O)c1cc(C(=O)OC(C)(C)C(C)C)cc(S(=O)(=O)O)c1. The molecule has 1 rings (SSSR count). The number of hydrogen-bond acceptors (Lipinski definition) is 6. The zero-order chi connectivity index (χ0) is 22.1. The number of carbonyl (C=O) groups excluding carboxylic acids is 2. The molecule has 0 aliphatic carbocycles. The molecule has 1 aromatic carbocycles. The van der Waals surface area contributed by atoms with Gasteiger partial charge in [0.2, 0.25) is 0 Å². The van der Waals surface area contributed by atoms with Crippen LogP contribution in [0.5, 0.6) is 0 Å². The number of benzene rings is 1. The maximum atomic E-state index is 12.6. The van der Waals surface area contributed by atoms with Crippen LogP contribution in [0.4, 0.5) is 0 Å². The van der Waals surface area contributed by atoms with Crippen LogP contribution in [0.2, 0.25) is 0 Å². The molecule has 0 saturated carbocycles. The third kappa shape index (κ3) is 6.04. The standard InChI is InChI=1S/C20H30O7S/c1-12(2)19(5,6)26-17(21)14-9-15(11-16(10-14)28(23,24)25)18(22)27-20(7,8)13(3)4/h9-13H,1-8H3,(H,23,24,25). The Kier molecular flexibility index (Phi) is 7.07. The van der Waals surface area contributed by atoms with Crippen LogP contribution < -0.4 is 0 Å². The molecule has 28 heavy (non-hydrogen) atoms. The Balaban J connectivity index is 3.39. The number of esters is 2. The van der Waals surface area contributed by atoms with Crippen molar-refractivity contribution in [1.29, 1.82) is 0 Å². The molecule has 8 heteroatoms. The highest BCUT2D eigenvalue weighted by molar-refractivity contribution is 7.85. The van der Waals surface area contributed by atoms with Gasteiger partial charge in [-0.2, -0.15) is 8.42 Å². The summed E-state index contributed by atoms with van der Waals surface area (Å²) in [5, 5.41) is 0. The van der Waals surface area contributed by atoms with E-state index in [2.05, 4.69) is 0 Å². The van der Waals surface area contributed by atoms with E-state index in [9.17, 15) is 22.6 Å². The number of hydrogen-bond donors (Lipinski definition) is 1. The fourth-order valence-electron chi connectivity index (χ4n) is 1.82. The monoisotopic (exact) mass is 414 g/mol. The maximum absolute atomic E-state index is 12.6. The van der Waals surface area contributed by atoms with E-state index in [1.54, 1.807) is 27.7 Å². The van der Waals surface area contributed by atoms with Crippen LogP contribution in [0.3, 0.4) is 0 Å². The van der Waals surface area contributed by atoms with Crippen molar-refractivity contribution in [3.8, 4) is 0 Å². The lowest BCUT2D eigenvalue weighted by Crippen LogP contribution is -2.34. The Morgan fingerprint density at radius 1 is 0.821 bits per heavy atom. The van der Waals surface area contributed by atoms with Crippen molar-refractivity contribution < 1.29 is 32.0 Å². The molecule has 1 N–H and O–H groups in total. The second-order valence-electron chi connectivity index (χ2n) is 8.52. The van der Waals surface area contributed by atoms with Crippen molar-refractivity contribution >= 4 is 22.1 Å². The second-order valence-corrected chi connectivity index (χ2v) is 9.94. The average Bonchev–Trinajstić information content (AvgIpc) is 2.52.